The number of hydrazone groups is 1. The molecule has 0 saturated heterocycles. The quantitative estimate of drug-likeness (QED) is 0.371. The predicted octanol–water partition coefficient (Wildman–Crippen LogP) is 4.24. The number of aryl methyl sites for hydroxylation is 2. The van der Waals surface area contributed by atoms with Gasteiger partial charge in [-0.2, -0.15) is 5.10 Å². The van der Waals surface area contributed by atoms with E-state index in [1.54, 1.807) is 30.2 Å². The average Bonchev–Trinajstić information content (AvgIpc) is 3.62. The minimum atomic E-state index is -0.292. The van der Waals surface area contributed by atoms with Gasteiger partial charge in [0.15, 0.2) is 5.16 Å². The lowest BCUT2D eigenvalue weighted by molar-refractivity contribution is -0.130. The topological polar surface area (TPSA) is 89.7 Å². The molecule has 1 atom stereocenters. The zero-order valence-electron chi connectivity index (χ0n) is 16.5. The summed E-state index contributed by atoms with van der Waals surface area (Å²) in [6.45, 7) is 0.767. The molecule has 1 amide bonds. The molecular weight excluding hydrogens is 434 g/mol. The van der Waals surface area contributed by atoms with Gasteiger partial charge < -0.3 is 13.4 Å². The Morgan fingerprint density at radius 1 is 1.19 bits per heavy atom. The van der Waals surface area contributed by atoms with Gasteiger partial charge in [0.05, 0.1) is 18.3 Å². The van der Waals surface area contributed by atoms with E-state index in [0.717, 1.165) is 18.7 Å². The first-order valence-corrected chi connectivity index (χ1v) is 11.6. The number of thioether (sulfide) groups is 1. The number of nitrogens with zero attached hydrogens (tertiary/aromatic N) is 5. The van der Waals surface area contributed by atoms with Crippen molar-refractivity contribution in [1.82, 2.24) is 19.8 Å². The molecule has 0 fully saturated rings. The number of aromatic nitrogens is 3. The molecule has 0 N–H and O–H groups in total. The highest BCUT2D eigenvalue weighted by molar-refractivity contribution is 7.99. The number of furan rings is 2. The van der Waals surface area contributed by atoms with Gasteiger partial charge in [-0.05, 0) is 42.1 Å². The summed E-state index contributed by atoms with van der Waals surface area (Å²) >= 11 is 3.09. The van der Waals surface area contributed by atoms with Crippen molar-refractivity contribution in [3.63, 3.8) is 0 Å². The highest BCUT2D eigenvalue weighted by Gasteiger charge is 2.35. The highest BCUT2D eigenvalue weighted by Crippen LogP contribution is 2.34. The van der Waals surface area contributed by atoms with Crippen LogP contribution in [0.2, 0.25) is 0 Å². The molecule has 1 aliphatic heterocycles. The number of thiophene rings is 1. The normalized spacial score (nSPS) is 16.1. The van der Waals surface area contributed by atoms with Crippen LogP contribution in [-0.4, -0.2) is 37.1 Å². The van der Waals surface area contributed by atoms with Crippen LogP contribution in [0.3, 0.4) is 0 Å². The first kappa shape index (κ1) is 19.8. The molecule has 0 spiro atoms. The molecule has 0 radical (unpaired) electrons. The molecule has 10 heteroatoms. The van der Waals surface area contributed by atoms with Crippen molar-refractivity contribution in [3.8, 4) is 0 Å². The van der Waals surface area contributed by atoms with E-state index in [1.807, 2.05) is 34.9 Å². The second-order valence-corrected chi connectivity index (χ2v) is 8.90. The molecular formula is C21H19N5O3S2. The fraction of sp³-hybridized carbons (Fsp3) is 0.238. The molecule has 158 valence electrons. The molecule has 5 rings (SSSR count). The van der Waals surface area contributed by atoms with Gasteiger partial charge in [-0.3, -0.25) is 4.79 Å². The van der Waals surface area contributed by atoms with Crippen molar-refractivity contribution in [2.24, 2.45) is 5.10 Å². The zero-order valence-corrected chi connectivity index (χ0v) is 18.1. The Morgan fingerprint density at radius 3 is 2.87 bits per heavy atom. The van der Waals surface area contributed by atoms with Crippen molar-refractivity contribution in [2.45, 2.75) is 30.6 Å². The van der Waals surface area contributed by atoms with E-state index in [0.29, 0.717) is 23.1 Å². The molecule has 8 nitrogen and oxygen atoms in total. The fourth-order valence-electron chi connectivity index (χ4n) is 3.42. The zero-order chi connectivity index (χ0) is 21.0. The summed E-state index contributed by atoms with van der Waals surface area (Å²) in [6.07, 6.45) is 6.35. The standard InChI is InChI=1S/C21H19N5O3S2/c27-20(13-31-21-23-22-14-25(21)8-7-15-4-3-11-30-15)26-17(19-6-2-10-29-19)12-16(24-26)18-5-1-9-28-18/h1-6,9-11,14,17H,7-8,12-13H2. The van der Waals surface area contributed by atoms with E-state index in [4.69, 9.17) is 8.83 Å². The Labute approximate surface area is 186 Å². The molecule has 1 aliphatic rings. The number of carbonyl (C=O) groups excluding carboxylic acids is 1. The molecule has 1 unspecified atom stereocenters. The summed E-state index contributed by atoms with van der Waals surface area (Å²) in [5, 5.41) is 17.0. The SMILES string of the molecule is O=C(CSc1nncn1CCc1cccs1)N1N=C(c2ccco2)CC1c1ccco1. The third-order valence-electron chi connectivity index (χ3n) is 4.93. The maximum absolute atomic E-state index is 13.1. The van der Waals surface area contributed by atoms with Crippen LogP contribution in [0.1, 0.15) is 28.9 Å². The van der Waals surface area contributed by atoms with Crippen LogP contribution in [0.4, 0.5) is 0 Å². The van der Waals surface area contributed by atoms with Gasteiger partial charge in [0, 0.05) is 17.8 Å². The first-order chi connectivity index (χ1) is 15.3. The molecule has 0 saturated carbocycles. The summed E-state index contributed by atoms with van der Waals surface area (Å²) in [7, 11) is 0. The van der Waals surface area contributed by atoms with Crippen LogP contribution in [-0.2, 0) is 17.8 Å². The van der Waals surface area contributed by atoms with E-state index in [1.165, 1.54) is 21.6 Å². The van der Waals surface area contributed by atoms with Crippen molar-refractivity contribution in [1.29, 1.82) is 0 Å². The summed E-state index contributed by atoms with van der Waals surface area (Å²) in [5.41, 5.74) is 0.726. The maximum Gasteiger partial charge on any atom is 0.253 e. The Kier molecular flexibility index (Phi) is 5.72. The number of amides is 1. The van der Waals surface area contributed by atoms with Gasteiger partial charge in [-0.15, -0.1) is 21.5 Å². The van der Waals surface area contributed by atoms with Crippen LogP contribution in [0.5, 0.6) is 0 Å². The number of rotatable bonds is 8. The molecule has 4 aromatic rings. The third kappa shape index (κ3) is 4.35. The fourth-order valence-corrected chi connectivity index (χ4v) is 4.91. The van der Waals surface area contributed by atoms with Gasteiger partial charge in [0.25, 0.3) is 5.91 Å². The van der Waals surface area contributed by atoms with Crippen molar-refractivity contribution >= 4 is 34.7 Å². The van der Waals surface area contributed by atoms with Crippen LogP contribution < -0.4 is 0 Å². The molecule has 5 heterocycles. The average molecular weight is 454 g/mol. The number of carbonyl (C=O) groups is 1. The highest BCUT2D eigenvalue weighted by atomic mass is 32.2. The van der Waals surface area contributed by atoms with Crippen LogP contribution in [0.25, 0.3) is 0 Å². The molecule has 0 aliphatic carbocycles. The second kappa shape index (κ2) is 8.94. The Bertz CT molecular complexity index is 1150. The van der Waals surface area contributed by atoms with E-state index >= 15 is 0 Å². The number of hydrogen-bond acceptors (Lipinski definition) is 8. The smallest absolute Gasteiger partial charge is 0.253 e. The Morgan fingerprint density at radius 2 is 2.10 bits per heavy atom. The van der Waals surface area contributed by atoms with Gasteiger partial charge in [0.2, 0.25) is 0 Å². The van der Waals surface area contributed by atoms with E-state index in [-0.39, 0.29) is 17.7 Å². The van der Waals surface area contributed by atoms with E-state index in [2.05, 4.69) is 26.7 Å². The lowest BCUT2D eigenvalue weighted by Gasteiger charge is -2.19. The Hall–Kier alpha value is -3.11. The van der Waals surface area contributed by atoms with Crippen molar-refractivity contribution in [3.05, 3.63) is 77.0 Å². The monoisotopic (exact) mass is 453 g/mol. The first-order valence-electron chi connectivity index (χ1n) is 9.78. The lowest BCUT2D eigenvalue weighted by Crippen LogP contribution is -2.28. The summed E-state index contributed by atoms with van der Waals surface area (Å²) < 4.78 is 13.0. The van der Waals surface area contributed by atoms with Gasteiger partial charge in [-0.1, -0.05) is 17.8 Å². The largest absolute Gasteiger partial charge is 0.467 e. The second-order valence-electron chi connectivity index (χ2n) is 6.92. The van der Waals surface area contributed by atoms with Crippen LogP contribution in [0, 0.1) is 0 Å². The molecule has 0 bridgehead atoms. The van der Waals surface area contributed by atoms with Crippen LogP contribution >= 0.6 is 23.1 Å². The van der Waals surface area contributed by atoms with Crippen molar-refractivity contribution < 1.29 is 13.6 Å². The van der Waals surface area contributed by atoms with E-state index in [9.17, 15) is 4.79 Å². The van der Waals surface area contributed by atoms with Gasteiger partial charge >= 0.3 is 0 Å². The van der Waals surface area contributed by atoms with Gasteiger partial charge in [-0.25, -0.2) is 5.01 Å². The predicted molar refractivity (Wildman–Crippen MR) is 117 cm³/mol. The Balaban J connectivity index is 1.27. The summed E-state index contributed by atoms with van der Waals surface area (Å²) in [4.78, 5) is 14.4. The van der Waals surface area contributed by atoms with Crippen LogP contribution in [0.15, 0.2) is 79.7 Å². The third-order valence-corrected chi connectivity index (χ3v) is 6.83. The lowest BCUT2D eigenvalue weighted by atomic mass is 10.1. The summed E-state index contributed by atoms with van der Waals surface area (Å²) in [5.74, 6) is 1.43. The van der Waals surface area contributed by atoms with E-state index < -0.39 is 0 Å². The minimum Gasteiger partial charge on any atom is -0.467 e. The minimum absolute atomic E-state index is 0.124. The molecule has 0 aromatic carbocycles. The molecule has 4 aromatic heterocycles. The molecule has 31 heavy (non-hydrogen) atoms. The van der Waals surface area contributed by atoms with Crippen molar-refractivity contribution in [2.75, 3.05) is 5.75 Å². The summed E-state index contributed by atoms with van der Waals surface area (Å²) in [6, 6.07) is 11.2. The maximum atomic E-state index is 13.1. The number of hydrogen-bond donors (Lipinski definition) is 0. The van der Waals surface area contributed by atoms with Gasteiger partial charge in [0.1, 0.15) is 29.6 Å².